The van der Waals surface area contributed by atoms with Crippen LogP contribution in [0, 0.1) is 6.92 Å². The summed E-state index contributed by atoms with van der Waals surface area (Å²) in [5.41, 5.74) is 2.40. The van der Waals surface area contributed by atoms with Crippen molar-refractivity contribution in [3.05, 3.63) is 124 Å². The van der Waals surface area contributed by atoms with Gasteiger partial charge in [-0.1, -0.05) is 83.9 Å². The fourth-order valence-electron chi connectivity index (χ4n) is 5.00. The number of sulfonamides is 1. The van der Waals surface area contributed by atoms with Crippen LogP contribution >= 0.6 is 23.2 Å². The number of carbonyl (C=O) groups excluding carboxylic acids is 2. The first-order valence-corrected chi connectivity index (χ1v) is 16.9. The molecule has 1 N–H and O–H groups in total. The van der Waals surface area contributed by atoms with Crippen molar-refractivity contribution in [3.63, 3.8) is 0 Å². The molecule has 46 heavy (non-hydrogen) atoms. The largest absolute Gasteiger partial charge is 0.495 e. The van der Waals surface area contributed by atoms with Gasteiger partial charge in [0.25, 0.3) is 10.0 Å². The lowest BCUT2D eigenvalue weighted by Crippen LogP contribution is -2.54. The van der Waals surface area contributed by atoms with E-state index in [1.54, 1.807) is 54.6 Å². The maximum atomic E-state index is 14.6. The van der Waals surface area contributed by atoms with Crippen molar-refractivity contribution in [2.45, 2.75) is 50.7 Å². The molecule has 242 valence electrons. The molecule has 4 aromatic rings. The van der Waals surface area contributed by atoms with Crippen molar-refractivity contribution in [1.29, 1.82) is 0 Å². The second kappa shape index (κ2) is 15.5. The standard InChI is InChI=1S/C35H37Cl2N3O5S/c1-24(2)38-35(42)32(21-26-11-7-5-8-12-26)39(22-27-16-17-29(36)30(37)20-27)34(41)23-40(31-19-25(3)15-18-33(31)45-4)46(43,44)28-13-9-6-10-14-28/h5-20,24,32H,21-23H2,1-4H3,(H,38,42)/t32-/m1/s1. The summed E-state index contributed by atoms with van der Waals surface area (Å²) in [5, 5.41) is 3.57. The Balaban J connectivity index is 1.86. The van der Waals surface area contributed by atoms with Gasteiger partial charge in [-0.2, -0.15) is 0 Å². The molecule has 4 rings (SSSR count). The highest BCUT2D eigenvalue weighted by Crippen LogP contribution is 2.34. The summed E-state index contributed by atoms with van der Waals surface area (Å²) in [7, 11) is -2.84. The third-order valence-electron chi connectivity index (χ3n) is 7.25. The fraction of sp³-hybridized carbons (Fsp3) is 0.257. The van der Waals surface area contributed by atoms with Gasteiger partial charge in [0.1, 0.15) is 18.3 Å². The van der Waals surface area contributed by atoms with Crippen molar-refractivity contribution in [2.75, 3.05) is 18.0 Å². The topological polar surface area (TPSA) is 96.0 Å². The number of methoxy groups -OCH3 is 1. The minimum absolute atomic E-state index is 0.000721. The van der Waals surface area contributed by atoms with Crippen molar-refractivity contribution in [3.8, 4) is 5.75 Å². The van der Waals surface area contributed by atoms with Gasteiger partial charge in [0.15, 0.2) is 0 Å². The number of rotatable bonds is 13. The van der Waals surface area contributed by atoms with Gasteiger partial charge in [-0.05, 0) is 73.9 Å². The van der Waals surface area contributed by atoms with Crippen LogP contribution < -0.4 is 14.4 Å². The Hall–Kier alpha value is -4.05. The van der Waals surface area contributed by atoms with E-state index in [0.717, 1.165) is 15.4 Å². The molecule has 0 bridgehead atoms. The summed E-state index contributed by atoms with van der Waals surface area (Å²) in [4.78, 5) is 29.8. The molecule has 4 aromatic carbocycles. The highest BCUT2D eigenvalue weighted by Gasteiger charge is 2.35. The van der Waals surface area contributed by atoms with Crippen LogP contribution in [0.2, 0.25) is 10.0 Å². The average molecular weight is 683 g/mol. The van der Waals surface area contributed by atoms with E-state index < -0.39 is 28.5 Å². The van der Waals surface area contributed by atoms with Crippen LogP contribution in [-0.2, 0) is 32.6 Å². The number of aryl methyl sites for hydroxylation is 1. The van der Waals surface area contributed by atoms with Crippen LogP contribution in [-0.4, -0.2) is 50.9 Å². The van der Waals surface area contributed by atoms with E-state index in [4.69, 9.17) is 27.9 Å². The Bertz CT molecular complexity index is 1770. The highest BCUT2D eigenvalue weighted by atomic mass is 35.5. The monoisotopic (exact) mass is 681 g/mol. The number of ether oxygens (including phenoxy) is 1. The van der Waals surface area contributed by atoms with E-state index >= 15 is 0 Å². The Labute approximate surface area is 280 Å². The smallest absolute Gasteiger partial charge is 0.264 e. The SMILES string of the molecule is COc1ccc(C)cc1N(CC(=O)N(Cc1ccc(Cl)c(Cl)c1)[C@H](Cc1ccccc1)C(=O)NC(C)C)S(=O)(=O)c1ccccc1. The number of hydrogen-bond donors (Lipinski definition) is 1. The molecule has 0 radical (unpaired) electrons. The summed E-state index contributed by atoms with van der Waals surface area (Å²) >= 11 is 12.5. The molecule has 0 unspecified atom stereocenters. The van der Waals surface area contributed by atoms with E-state index in [-0.39, 0.29) is 46.3 Å². The molecule has 0 spiro atoms. The second-order valence-corrected chi connectivity index (χ2v) is 13.8. The van der Waals surface area contributed by atoms with Gasteiger partial charge in [-0.25, -0.2) is 8.42 Å². The lowest BCUT2D eigenvalue weighted by atomic mass is 10.0. The predicted molar refractivity (Wildman–Crippen MR) is 183 cm³/mol. The van der Waals surface area contributed by atoms with Gasteiger partial charge in [0.2, 0.25) is 11.8 Å². The maximum absolute atomic E-state index is 14.6. The Morgan fingerprint density at radius 2 is 1.50 bits per heavy atom. The molecule has 2 amide bonds. The zero-order valence-corrected chi connectivity index (χ0v) is 28.4. The van der Waals surface area contributed by atoms with Gasteiger partial charge in [0.05, 0.1) is 27.7 Å². The summed E-state index contributed by atoms with van der Waals surface area (Å²) in [6, 6.07) is 26.1. The van der Waals surface area contributed by atoms with Crippen LogP contribution in [0.25, 0.3) is 0 Å². The molecule has 0 saturated heterocycles. The normalized spacial score (nSPS) is 12.0. The van der Waals surface area contributed by atoms with Gasteiger partial charge in [-0.3, -0.25) is 13.9 Å². The number of nitrogens with zero attached hydrogens (tertiary/aromatic N) is 2. The number of nitrogens with one attached hydrogen (secondary N) is 1. The van der Waals surface area contributed by atoms with Crippen LogP contribution in [0.4, 0.5) is 5.69 Å². The van der Waals surface area contributed by atoms with Crippen molar-refractivity contribution in [2.24, 2.45) is 0 Å². The molecule has 0 saturated carbocycles. The highest BCUT2D eigenvalue weighted by molar-refractivity contribution is 7.92. The molecule has 0 aliphatic carbocycles. The number of anilines is 1. The molecule has 0 heterocycles. The third-order valence-corrected chi connectivity index (χ3v) is 9.77. The summed E-state index contributed by atoms with van der Waals surface area (Å²) in [6.07, 6.45) is 0.186. The first kappa shape index (κ1) is 34.8. The van der Waals surface area contributed by atoms with Crippen molar-refractivity contribution < 1.29 is 22.7 Å². The Kier molecular flexibility index (Phi) is 11.7. The molecule has 1 atom stereocenters. The van der Waals surface area contributed by atoms with E-state index in [1.807, 2.05) is 51.1 Å². The zero-order valence-electron chi connectivity index (χ0n) is 26.1. The molecular weight excluding hydrogens is 645 g/mol. The molecular formula is C35H37Cl2N3O5S. The van der Waals surface area contributed by atoms with Gasteiger partial charge < -0.3 is 15.0 Å². The maximum Gasteiger partial charge on any atom is 0.264 e. The Morgan fingerprint density at radius 3 is 2.11 bits per heavy atom. The number of carbonyl (C=O) groups is 2. The minimum Gasteiger partial charge on any atom is -0.495 e. The van der Waals surface area contributed by atoms with Crippen LogP contribution in [0.15, 0.2) is 102 Å². The first-order chi connectivity index (χ1) is 21.9. The summed E-state index contributed by atoms with van der Waals surface area (Å²) < 4.78 is 35.1. The Morgan fingerprint density at radius 1 is 0.848 bits per heavy atom. The molecule has 11 heteroatoms. The van der Waals surface area contributed by atoms with E-state index in [1.165, 1.54) is 24.1 Å². The lowest BCUT2D eigenvalue weighted by Gasteiger charge is -2.34. The lowest BCUT2D eigenvalue weighted by molar-refractivity contribution is -0.140. The van der Waals surface area contributed by atoms with Gasteiger partial charge >= 0.3 is 0 Å². The molecule has 0 fully saturated rings. The quantitative estimate of drug-likeness (QED) is 0.170. The summed E-state index contributed by atoms with van der Waals surface area (Å²) in [5.74, 6) is -0.709. The third kappa shape index (κ3) is 8.60. The van der Waals surface area contributed by atoms with E-state index in [9.17, 15) is 18.0 Å². The van der Waals surface area contributed by atoms with E-state index in [2.05, 4.69) is 5.32 Å². The predicted octanol–water partition coefficient (Wildman–Crippen LogP) is 6.67. The minimum atomic E-state index is -4.27. The molecule has 0 aliphatic heterocycles. The van der Waals surface area contributed by atoms with Gasteiger partial charge in [0, 0.05) is 19.0 Å². The average Bonchev–Trinajstić information content (AvgIpc) is 3.03. The van der Waals surface area contributed by atoms with Crippen LogP contribution in [0.1, 0.15) is 30.5 Å². The first-order valence-electron chi connectivity index (χ1n) is 14.7. The number of benzene rings is 4. The number of amides is 2. The van der Waals surface area contributed by atoms with Gasteiger partial charge in [-0.15, -0.1) is 0 Å². The fourth-order valence-corrected chi connectivity index (χ4v) is 6.76. The van der Waals surface area contributed by atoms with Crippen LogP contribution in [0.3, 0.4) is 0 Å². The van der Waals surface area contributed by atoms with Crippen LogP contribution in [0.5, 0.6) is 5.75 Å². The second-order valence-electron chi connectivity index (χ2n) is 11.1. The molecule has 0 aliphatic rings. The summed E-state index contributed by atoms with van der Waals surface area (Å²) in [6.45, 7) is 4.84. The van der Waals surface area contributed by atoms with Crippen molar-refractivity contribution >= 4 is 50.7 Å². The molecule has 0 aromatic heterocycles. The number of halogens is 2. The van der Waals surface area contributed by atoms with E-state index in [0.29, 0.717) is 10.6 Å². The van der Waals surface area contributed by atoms with Crippen molar-refractivity contribution in [1.82, 2.24) is 10.2 Å². The zero-order chi connectivity index (χ0) is 33.4. The number of hydrogen-bond acceptors (Lipinski definition) is 5. The molecule has 8 nitrogen and oxygen atoms in total.